The molecule has 0 aliphatic carbocycles. The van der Waals surface area contributed by atoms with Crippen LogP contribution in [0.1, 0.15) is 17.3 Å². The Morgan fingerprint density at radius 3 is 2.57 bits per heavy atom. The number of carbonyl (C=O) groups is 2. The zero-order chi connectivity index (χ0) is 10.3. The summed E-state index contributed by atoms with van der Waals surface area (Å²) in [7, 11) is 0. The Hall–Kier alpha value is -1.16. The Morgan fingerprint density at radius 1 is 1.29 bits per heavy atom. The Bertz CT molecular complexity index is 414. The predicted molar refractivity (Wildman–Crippen MR) is 56.6 cm³/mol. The molecule has 1 aromatic rings. The van der Waals surface area contributed by atoms with E-state index in [1.54, 1.807) is 18.2 Å². The van der Waals surface area contributed by atoms with Crippen molar-refractivity contribution in [2.24, 2.45) is 0 Å². The summed E-state index contributed by atoms with van der Waals surface area (Å²) >= 11 is 3.29. The molecule has 1 unspecified atom stereocenters. The lowest BCUT2D eigenvalue weighted by atomic mass is 10.1. The van der Waals surface area contributed by atoms with Crippen molar-refractivity contribution in [1.82, 2.24) is 0 Å². The molecule has 0 saturated carbocycles. The summed E-state index contributed by atoms with van der Waals surface area (Å²) in [4.78, 5) is 24.3. The molecule has 2 rings (SSSR count). The van der Waals surface area contributed by atoms with Gasteiger partial charge in [0, 0.05) is 0 Å². The molecule has 0 saturated heterocycles. The van der Waals surface area contributed by atoms with Crippen LogP contribution in [0.4, 0.5) is 5.69 Å². The summed E-state index contributed by atoms with van der Waals surface area (Å²) in [6.07, 6.45) is 0. The molecule has 3 nitrogen and oxygen atoms in total. The number of Topliss-reactive ketones (excluding diaryl/α,β-unsaturated/α-hetero) is 1. The second-order valence-electron chi connectivity index (χ2n) is 3.10. The van der Waals surface area contributed by atoms with E-state index < -0.39 is 11.7 Å². The van der Waals surface area contributed by atoms with Gasteiger partial charge in [-0.05, 0) is 19.1 Å². The number of halogens is 1. The Kier molecular flexibility index (Phi) is 2.15. The molecule has 0 fully saturated rings. The highest BCUT2D eigenvalue weighted by Gasteiger charge is 2.37. The molecule has 0 radical (unpaired) electrons. The van der Waals surface area contributed by atoms with Crippen LogP contribution in [0, 0.1) is 0 Å². The monoisotopic (exact) mass is 253 g/mol. The summed E-state index contributed by atoms with van der Waals surface area (Å²) in [5, 5.41) is 0. The van der Waals surface area contributed by atoms with E-state index in [-0.39, 0.29) is 4.95 Å². The third-order valence-electron chi connectivity index (χ3n) is 2.18. The molecule has 1 heterocycles. The molecule has 1 aromatic carbocycles. The number of nitrogens with zero attached hydrogens (tertiary/aromatic N) is 1. The second kappa shape index (κ2) is 3.20. The van der Waals surface area contributed by atoms with Crippen molar-refractivity contribution in [2.45, 2.75) is 11.9 Å². The summed E-state index contributed by atoms with van der Waals surface area (Å²) in [5.74, 6) is -0.887. The highest BCUT2D eigenvalue weighted by molar-refractivity contribution is 9.09. The zero-order valence-corrected chi connectivity index (χ0v) is 9.11. The van der Waals surface area contributed by atoms with Gasteiger partial charge in [0.05, 0.1) is 16.2 Å². The number of hydrogen-bond donors (Lipinski definition) is 0. The van der Waals surface area contributed by atoms with Crippen molar-refractivity contribution in [3.8, 4) is 0 Å². The van der Waals surface area contributed by atoms with E-state index in [1.807, 2.05) is 13.0 Å². The van der Waals surface area contributed by atoms with Crippen molar-refractivity contribution in [3.63, 3.8) is 0 Å². The van der Waals surface area contributed by atoms with Crippen LogP contribution in [0.2, 0.25) is 0 Å². The van der Waals surface area contributed by atoms with Gasteiger partial charge in [0.15, 0.2) is 0 Å². The number of hydrogen-bond acceptors (Lipinski definition) is 2. The van der Waals surface area contributed by atoms with Gasteiger partial charge in [0.1, 0.15) is 0 Å². The number of para-hydroxylation sites is 1. The van der Waals surface area contributed by atoms with Gasteiger partial charge in [-0.1, -0.05) is 28.1 Å². The lowest BCUT2D eigenvalue weighted by molar-refractivity contribution is -0.114. The highest BCUT2D eigenvalue weighted by Crippen LogP contribution is 2.31. The summed E-state index contributed by atoms with van der Waals surface area (Å²) in [5.41, 5.74) is 1.18. The molecular weight excluding hydrogens is 246 g/mol. The molecule has 1 aliphatic rings. The number of alkyl halides is 1. The minimum Gasteiger partial charge on any atom is -0.292 e. The molecule has 0 aromatic heterocycles. The molecule has 14 heavy (non-hydrogen) atoms. The highest BCUT2D eigenvalue weighted by atomic mass is 79.9. The van der Waals surface area contributed by atoms with Crippen LogP contribution in [-0.2, 0) is 4.79 Å². The molecule has 0 spiro atoms. The number of fused-ring (bicyclic) bond motifs is 1. The van der Waals surface area contributed by atoms with Crippen molar-refractivity contribution in [1.29, 1.82) is 0 Å². The molecule has 72 valence electrons. The van der Waals surface area contributed by atoms with E-state index in [0.717, 1.165) is 0 Å². The first-order chi connectivity index (χ1) is 6.63. The first-order valence-electron chi connectivity index (χ1n) is 4.24. The topological polar surface area (TPSA) is 37.4 Å². The Morgan fingerprint density at radius 2 is 1.93 bits per heavy atom. The van der Waals surface area contributed by atoms with Gasteiger partial charge >= 0.3 is 0 Å². The fraction of sp³-hybridized carbons (Fsp3) is 0.200. The van der Waals surface area contributed by atoms with Crippen LogP contribution in [-0.4, -0.2) is 16.6 Å². The zero-order valence-electron chi connectivity index (χ0n) is 7.53. The van der Waals surface area contributed by atoms with E-state index >= 15 is 0 Å². The van der Waals surface area contributed by atoms with Crippen molar-refractivity contribution in [3.05, 3.63) is 29.8 Å². The van der Waals surface area contributed by atoms with Crippen LogP contribution in [0.15, 0.2) is 24.3 Å². The molecule has 1 atom stereocenters. The SMILES string of the molecule is CC(Br)N1C(=O)C(=O)c2ccccc21. The van der Waals surface area contributed by atoms with Crippen molar-refractivity contribution in [2.75, 3.05) is 4.90 Å². The maximum Gasteiger partial charge on any atom is 0.300 e. The van der Waals surface area contributed by atoms with Gasteiger partial charge < -0.3 is 0 Å². The lowest BCUT2D eigenvalue weighted by Gasteiger charge is -2.18. The van der Waals surface area contributed by atoms with E-state index in [1.165, 1.54) is 4.90 Å². The largest absolute Gasteiger partial charge is 0.300 e. The van der Waals surface area contributed by atoms with Gasteiger partial charge in [-0.15, -0.1) is 0 Å². The van der Waals surface area contributed by atoms with Crippen molar-refractivity contribution < 1.29 is 9.59 Å². The number of benzene rings is 1. The number of ketones is 1. The van der Waals surface area contributed by atoms with Crippen molar-refractivity contribution >= 4 is 33.3 Å². The normalized spacial score (nSPS) is 17.1. The van der Waals surface area contributed by atoms with Crippen LogP contribution < -0.4 is 4.90 Å². The minimum absolute atomic E-state index is 0.164. The molecule has 1 aliphatic heterocycles. The third kappa shape index (κ3) is 1.18. The smallest absolute Gasteiger partial charge is 0.292 e. The lowest BCUT2D eigenvalue weighted by Crippen LogP contribution is -2.34. The molecule has 0 N–H and O–H groups in total. The molecule has 4 heteroatoms. The fourth-order valence-electron chi connectivity index (χ4n) is 1.56. The van der Waals surface area contributed by atoms with Gasteiger partial charge in [-0.2, -0.15) is 0 Å². The molecule has 0 bridgehead atoms. The van der Waals surface area contributed by atoms with Gasteiger partial charge in [-0.25, -0.2) is 0 Å². The number of carbonyl (C=O) groups excluding carboxylic acids is 2. The average molecular weight is 254 g/mol. The third-order valence-corrected chi connectivity index (χ3v) is 2.59. The Balaban J connectivity index is 2.59. The van der Waals surface area contributed by atoms with Crippen LogP contribution in [0.3, 0.4) is 0 Å². The van der Waals surface area contributed by atoms with E-state index in [9.17, 15) is 9.59 Å². The standard InChI is InChI=1S/C10H8BrNO2/c1-6(11)12-8-5-3-2-4-7(8)9(13)10(12)14/h2-6H,1H3. The van der Waals surface area contributed by atoms with Crippen LogP contribution >= 0.6 is 15.9 Å². The van der Waals surface area contributed by atoms with E-state index in [0.29, 0.717) is 11.3 Å². The fourth-order valence-corrected chi connectivity index (χ4v) is 1.97. The van der Waals surface area contributed by atoms with E-state index in [2.05, 4.69) is 15.9 Å². The summed E-state index contributed by atoms with van der Waals surface area (Å²) in [6, 6.07) is 7.01. The first kappa shape index (κ1) is 9.40. The summed E-state index contributed by atoms with van der Waals surface area (Å²) in [6.45, 7) is 1.81. The number of rotatable bonds is 1. The maximum atomic E-state index is 11.6. The van der Waals surface area contributed by atoms with Crippen LogP contribution in [0.25, 0.3) is 0 Å². The molecular formula is C10H8BrNO2. The van der Waals surface area contributed by atoms with E-state index in [4.69, 9.17) is 0 Å². The maximum absolute atomic E-state index is 11.6. The van der Waals surface area contributed by atoms with Gasteiger partial charge in [0.2, 0.25) is 0 Å². The van der Waals surface area contributed by atoms with Crippen LogP contribution in [0.5, 0.6) is 0 Å². The molecule has 1 amide bonds. The van der Waals surface area contributed by atoms with Gasteiger partial charge in [-0.3, -0.25) is 14.5 Å². The predicted octanol–water partition coefficient (Wildman–Crippen LogP) is 1.96. The number of amides is 1. The average Bonchev–Trinajstić information content (AvgIpc) is 2.41. The van der Waals surface area contributed by atoms with Gasteiger partial charge in [0.25, 0.3) is 11.7 Å². The first-order valence-corrected chi connectivity index (χ1v) is 5.15. The Labute approximate surface area is 89.8 Å². The second-order valence-corrected chi connectivity index (χ2v) is 4.42. The number of anilines is 1. The summed E-state index contributed by atoms with van der Waals surface area (Å²) < 4.78 is 0. The quantitative estimate of drug-likeness (QED) is 0.436. The minimum atomic E-state index is -0.462.